The molecular weight excluding hydrogens is 198 g/mol. The maximum atomic E-state index is 10.6. The van der Waals surface area contributed by atoms with Gasteiger partial charge in [0.05, 0.1) is 5.70 Å². The number of carbonyl (C=O) groups excluding carboxylic acids is 1. The largest absolute Gasteiger partial charge is 0.368 e. The fourth-order valence-corrected chi connectivity index (χ4v) is 1.46. The smallest absolute Gasteiger partial charge is 0.166 e. The van der Waals surface area contributed by atoms with Gasteiger partial charge in [-0.1, -0.05) is 18.2 Å². The Hall–Kier alpha value is -1.02. The molecule has 0 spiro atoms. The van der Waals surface area contributed by atoms with Crippen molar-refractivity contribution in [2.24, 2.45) is 0 Å². The molecule has 0 unspecified atom stereocenters. The van der Waals surface area contributed by atoms with Gasteiger partial charge in [0, 0.05) is 19.5 Å². The number of hydrogen-bond donors (Lipinski definition) is 0. The lowest BCUT2D eigenvalue weighted by Gasteiger charge is -2.23. The van der Waals surface area contributed by atoms with E-state index in [9.17, 15) is 4.79 Å². The molecule has 3 heteroatoms. The van der Waals surface area contributed by atoms with E-state index >= 15 is 0 Å². The van der Waals surface area contributed by atoms with E-state index in [2.05, 4.69) is 0 Å². The molecule has 1 aliphatic heterocycles. The van der Waals surface area contributed by atoms with Crippen LogP contribution in [0.25, 0.3) is 0 Å². The van der Waals surface area contributed by atoms with Crippen molar-refractivity contribution < 1.29 is 4.79 Å². The van der Waals surface area contributed by atoms with Crippen molar-refractivity contribution in [3.63, 3.8) is 0 Å². The molecular formula is C11H14ClNO. The van der Waals surface area contributed by atoms with Crippen LogP contribution in [0.2, 0.25) is 0 Å². The van der Waals surface area contributed by atoms with Gasteiger partial charge in [0.15, 0.2) is 6.29 Å². The second-order valence-electron chi connectivity index (χ2n) is 3.22. The Bertz CT molecular complexity index is 292. The van der Waals surface area contributed by atoms with Gasteiger partial charge in [0.1, 0.15) is 0 Å². The molecule has 0 fully saturated rings. The summed E-state index contributed by atoms with van der Waals surface area (Å²) in [6.07, 6.45) is 9.61. The molecule has 0 saturated carbocycles. The van der Waals surface area contributed by atoms with Gasteiger partial charge in [-0.3, -0.25) is 4.79 Å². The van der Waals surface area contributed by atoms with E-state index < -0.39 is 0 Å². The molecule has 0 N–H and O–H groups in total. The topological polar surface area (TPSA) is 20.3 Å². The Morgan fingerprint density at radius 1 is 1.50 bits per heavy atom. The molecule has 0 aromatic carbocycles. The maximum absolute atomic E-state index is 10.6. The van der Waals surface area contributed by atoms with Gasteiger partial charge in [0.2, 0.25) is 0 Å². The van der Waals surface area contributed by atoms with Gasteiger partial charge >= 0.3 is 0 Å². The maximum Gasteiger partial charge on any atom is 0.166 e. The van der Waals surface area contributed by atoms with Crippen LogP contribution in [0.5, 0.6) is 0 Å². The fourth-order valence-electron chi connectivity index (χ4n) is 1.34. The quantitative estimate of drug-likeness (QED) is 0.403. The highest BCUT2D eigenvalue weighted by atomic mass is 35.5. The minimum absolute atomic E-state index is 0.554. The first-order valence-electron chi connectivity index (χ1n) is 4.55. The molecule has 0 bridgehead atoms. The number of allylic oxidation sites excluding steroid dienone is 5. The summed E-state index contributed by atoms with van der Waals surface area (Å²) in [5.74, 6) is 0.554. The second kappa shape index (κ2) is 5.66. The summed E-state index contributed by atoms with van der Waals surface area (Å²) >= 11 is 5.52. The number of halogens is 1. The zero-order chi connectivity index (χ0) is 10.4. The molecule has 14 heavy (non-hydrogen) atoms. The molecule has 0 atom stereocenters. The van der Waals surface area contributed by atoms with Crippen LogP contribution in [0.4, 0.5) is 0 Å². The van der Waals surface area contributed by atoms with E-state index in [1.54, 1.807) is 0 Å². The van der Waals surface area contributed by atoms with Crippen LogP contribution in [-0.2, 0) is 4.79 Å². The van der Waals surface area contributed by atoms with Gasteiger partial charge in [-0.15, -0.1) is 11.6 Å². The van der Waals surface area contributed by atoms with Gasteiger partial charge in [0.25, 0.3) is 0 Å². The summed E-state index contributed by atoms with van der Waals surface area (Å²) in [5, 5.41) is 0. The summed E-state index contributed by atoms with van der Waals surface area (Å²) in [6.45, 7) is 0.817. The van der Waals surface area contributed by atoms with Crippen LogP contribution >= 0.6 is 11.6 Å². The molecule has 1 heterocycles. The molecule has 0 radical (unpaired) electrons. The van der Waals surface area contributed by atoms with E-state index in [1.807, 2.05) is 36.3 Å². The summed E-state index contributed by atoms with van der Waals surface area (Å²) in [6, 6.07) is 0. The molecule has 76 valence electrons. The summed E-state index contributed by atoms with van der Waals surface area (Å²) in [7, 11) is 1.92. The first-order valence-corrected chi connectivity index (χ1v) is 5.08. The van der Waals surface area contributed by atoms with Crippen molar-refractivity contribution in [2.75, 3.05) is 19.5 Å². The average molecular weight is 212 g/mol. The van der Waals surface area contributed by atoms with Gasteiger partial charge in [-0.2, -0.15) is 0 Å². The number of nitrogens with zero attached hydrogens (tertiary/aromatic N) is 1. The molecule has 0 aromatic heterocycles. The first kappa shape index (κ1) is 11.1. The van der Waals surface area contributed by atoms with Crippen molar-refractivity contribution in [1.29, 1.82) is 0 Å². The summed E-state index contributed by atoms with van der Waals surface area (Å²) in [4.78, 5) is 12.5. The third-order valence-corrected chi connectivity index (χ3v) is 2.31. The number of alkyl halides is 1. The van der Waals surface area contributed by atoms with Crippen molar-refractivity contribution in [3.8, 4) is 0 Å². The number of likely N-dealkylation sites (N-methyl/N-ethyl adjacent to an activating group) is 1. The van der Waals surface area contributed by atoms with Crippen molar-refractivity contribution >= 4 is 17.9 Å². The van der Waals surface area contributed by atoms with Crippen LogP contribution in [0.1, 0.15) is 6.42 Å². The van der Waals surface area contributed by atoms with Gasteiger partial charge in [-0.05, 0) is 18.1 Å². The predicted molar refractivity (Wildman–Crippen MR) is 59.3 cm³/mol. The Labute approximate surface area is 89.5 Å². The van der Waals surface area contributed by atoms with E-state index in [-0.39, 0.29) is 0 Å². The van der Waals surface area contributed by atoms with E-state index in [1.165, 1.54) is 5.57 Å². The molecule has 0 saturated heterocycles. The number of hydrogen-bond acceptors (Lipinski definition) is 2. The molecule has 1 aliphatic rings. The number of aldehydes is 1. The molecule has 0 aromatic rings. The average Bonchev–Trinajstić information content (AvgIpc) is 2.18. The van der Waals surface area contributed by atoms with Crippen LogP contribution in [0, 0.1) is 0 Å². The highest BCUT2D eigenvalue weighted by Crippen LogP contribution is 2.14. The molecule has 0 aliphatic carbocycles. The second-order valence-corrected chi connectivity index (χ2v) is 3.53. The normalized spacial score (nSPS) is 16.9. The predicted octanol–water partition coefficient (Wildman–Crippen LogP) is 2.13. The number of rotatable bonds is 4. The Balaban J connectivity index is 2.57. The number of carbonyl (C=O) groups is 1. The van der Waals surface area contributed by atoms with Gasteiger partial charge < -0.3 is 4.90 Å². The van der Waals surface area contributed by atoms with Gasteiger partial charge in [-0.25, -0.2) is 0 Å². The minimum Gasteiger partial charge on any atom is -0.368 e. The summed E-state index contributed by atoms with van der Waals surface area (Å²) < 4.78 is 0. The summed E-state index contributed by atoms with van der Waals surface area (Å²) in [5.41, 5.74) is 2.02. The van der Waals surface area contributed by atoms with E-state index in [0.29, 0.717) is 5.88 Å². The zero-order valence-corrected chi connectivity index (χ0v) is 9.00. The Morgan fingerprint density at radius 2 is 2.29 bits per heavy atom. The third kappa shape index (κ3) is 3.04. The monoisotopic (exact) mass is 211 g/mol. The highest BCUT2D eigenvalue weighted by molar-refractivity contribution is 6.18. The SMILES string of the molecule is CN1CC(C/C=C/CCl)=CC=C1C=O. The van der Waals surface area contributed by atoms with Crippen LogP contribution in [-0.4, -0.2) is 30.7 Å². The first-order chi connectivity index (χ1) is 6.77. The lowest BCUT2D eigenvalue weighted by atomic mass is 10.1. The van der Waals surface area contributed by atoms with Crippen molar-refractivity contribution in [2.45, 2.75) is 6.42 Å². The van der Waals surface area contributed by atoms with E-state index in [0.717, 1.165) is 24.9 Å². The lowest BCUT2D eigenvalue weighted by Crippen LogP contribution is -2.23. The molecule has 1 rings (SSSR count). The minimum atomic E-state index is 0.554. The highest BCUT2D eigenvalue weighted by Gasteiger charge is 2.09. The zero-order valence-electron chi connectivity index (χ0n) is 8.24. The van der Waals surface area contributed by atoms with Crippen LogP contribution in [0.15, 0.2) is 35.6 Å². The van der Waals surface area contributed by atoms with Crippen LogP contribution in [0.3, 0.4) is 0 Å². The molecule has 2 nitrogen and oxygen atoms in total. The van der Waals surface area contributed by atoms with Crippen molar-refractivity contribution in [1.82, 2.24) is 4.90 Å². The Morgan fingerprint density at radius 3 is 2.86 bits per heavy atom. The lowest BCUT2D eigenvalue weighted by molar-refractivity contribution is -0.106. The van der Waals surface area contributed by atoms with Crippen LogP contribution < -0.4 is 0 Å². The fraction of sp³-hybridized carbons (Fsp3) is 0.364. The molecule has 0 amide bonds. The van der Waals surface area contributed by atoms with E-state index in [4.69, 9.17) is 11.6 Å². The standard InChI is InChI=1S/C11H14ClNO/c1-13-8-10(4-2-3-7-12)5-6-11(13)9-14/h2-3,5-6,9H,4,7-8H2,1H3/b3-2+. The third-order valence-electron chi connectivity index (χ3n) is 2.13. The Kier molecular flexibility index (Phi) is 4.47. The van der Waals surface area contributed by atoms with Crippen molar-refractivity contribution in [3.05, 3.63) is 35.6 Å².